The van der Waals surface area contributed by atoms with Gasteiger partial charge in [-0.05, 0) is 47.6 Å². The molecule has 0 atom stereocenters. The molecule has 0 aromatic heterocycles. The molecule has 0 spiro atoms. The molecule has 0 radical (unpaired) electrons. The highest BCUT2D eigenvalue weighted by atomic mass is 32.1. The first-order chi connectivity index (χ1) is 13.1. The van der Waals surface area contributed by atoms with Crippen LogP contribution >= 0.6 is 12.2 Å². The fourth-order valence-electron chi connectivity index (χ4n) is 2.61. The first kappa shape index (κ1) is 18.8. The van der Waals surface area contributed by atoms with Crippen molar-refractivity contribution in [1.29, 1.82) is 0 Å². The van der Waals surface area contributed by atoms with Crippen LogP contribution in [0.15, 0.2) is 36.4 Å². The van der Waals surface area contributed by atoms with Crippen molar-refractivity contribution in [3.8, 4) is 17.2 Å². The number of carbonyl (C=O) groups excluding carboxylic acids is 1. The molecule has 0 aliphatic carbocycles. The van der Waals surface area contributed by atoms with Crippen LogP contribution in [0.1, 0.15) is 21.5 Å². The number of hydrogen-bond acceptors (Lipinski definition) is 6. The van der Waals surface area contributed by atoms with Crippen molar-refractivity contribution in [2.24, 2.45) is 0 Å². The van der Waals surface area contributed by atoms with E-state index in [0.717, 1.165) is 22.6 Å². The third kappa shape index (κ3) is 4.59. The van der Waals surface area contributed by atoms with Gasteiger partial charge in [0.15, 0.2) is 16.6 Å². The van der Waals surface area contributed by atoms with E-state index in [9.17, 15) is 4.79 Å². The minimum atomic E-state index is -0.447. The molecule has 2 N–H and O–H groups in total. The van der Waals surface area contributed by atoms with Gasteiger partial charge in [0.25, 0.3) is 0 Å². The molecule has 1 aliphatic heterocycles. The Morgan fingerprint density at radius 3 is 2.41 bits per heavy atom. The molecule has 2 aromatic rings. The molecule has 0 saturated carbocycles. The molecule has 0 amide bonds. The van der Waals surface area contributed by atoms with E-state index in [4.69, 9.17) is 31.2 Å². The highest BCUT2D eigenvalue weighted by Crippen LogP contribution is 2.32. The number of esters is 1. The highest BCUT2D eigenvalue weighted by Gasteiger charge is 2.14. The summed E-state index contributed by atoms with van der Waals surface area (Å²) in [6.45, 7) is 1.26. The van der Waals surface area contributed by atoms with Crippen LogP contribution in [0.25, 0.3) is 0 Å². The first-order valence-electron chi connectivity index (χ1n) is 8.26. The number of ether oxygens (including phenoxy) is 4. The lowest BCUT2D eigenvalue weighted by Gasteiger charge is -2.13. The largest absolute Gasteiger partial charge is 0.496 e. The van der Waals surface area contributed by atoms with Crippen molar-refractivity contribution in [2.45, 2.75) is 13.1 Å². The minimum absolute atomic E-state index is 0.252. The van der Waals surface area contributed by atoms with Crippen LogP contribution in [-0.4, -0.2) is 32.1 Å². The van der Waals surface area contributed by atoms with Gasteiger partial charge in [0, 0.05) is 13.1 Å². The number of hydrogen-bond donors (Lipinski definition) is 2. The average Bonchev–Trinajstić information content (AvgIpc) is 3.17. The van der Waals surface area contributed by atoms with Gasteiger partial charge in [0.2, 0.25) is 6.79 Å². The third-order valence-corrected chi connectivity index (χ3v) is 4.30. The lowest BCUT2D eigenvalue weighted by Crippen LogP contribution is -2.34. The second-order valence-electron chi connectivity index (χ2n) is 5.75. The lowest BCUT2D eigenvalue weighted by atomic mass is 10.1. The van der Waals surface area contributed by atoms with Crippen molar-refractivity contribution in [2.75, 3.05) is 21.0 Å². The van der Waals surface area contributed by atoms with Gasteiger partial charge in [0.05, 0.1) is 14.2 Å². The van der Waals surface area contributed by atoms with Crippen LogP contribution in [0, 0.1) is 0 Å². The maximum Gasteiger partial charge on any atom is 0.341 e. The number of rotatable bonds is 6. The third-order valence-electron chi connectivity index (χ3n) is 4.01. The monoisotopic (exact) mass is 388 g/mol. The highest BCUT2D eigenvalue weighted by molar-refractivity contribution is 7.80. The molecule has 0 unspecified atom stereocenters. The zero-order valence-electron chi connectivity index (χ0n) is 15.0. The van der Waals surface area contributed by atoms with Crippen molar-refractivity contribution >= 4 is 23.3 Å². The van der Waals surface area contributed by atoms with E-state index in [1.807, 2.05) is 24.3 Å². The number of nitrogens with one attached hydrogen (secondary N) is 2. The summed E-state index contributed by atoms with van der Waals surface area (Å²) in [5.74, 6) is 1.51. The Morgan fingerprint density at radius 1 is 1.04 bits per heavy atom. The summed E-state index contributed by atoms with van der Waals surface area (Å²) in [5.41, 5.74) is 2.28. The molecular formula is C19H20N2O5S. The van der Waals surface area contributed by atoms with Crippen molar-refractivity contribution in [3.05, 3.63) is 53.1 Å². The Morgan fingerprint density at radius 2 is 1.70 bits per heavy atom. The van der Waals surface area contributed by atoms with Crippen LogP contribution < -0.4 is 24.8 Å². The molecule has 0 fully saturated rings. The first-order valence-corrected chi connectivity index (χ1v) is 8.67. The van der Waals surface area contributed by atoms with E-state index in [2.05, 4.69) is 10.6 Å². The summed E-state index contributed by atoms with van der Waals surface area (Å²) in [7, 11) is 2.84. The van der Waals surface area contributed by atoms with Crippen LogP contribution in [-0.2, 0) is 17.8 Å². The van der Waals surface area contributed by atoms with Gasteiger partial charge < -0.3 is 29.6 Å². The second-order valence-corrected chi connectivity index (χ2v) is 6.16. The Kier molecular flexibility index (Phi) is 5.97. The molecule has 7 nitrogen and oxygen atoms in total. The summed E-state index contributed by atoms with van der Waals surface area (Å²) in [6, 6.07) is 11.1. The summed E-state index contributed by atoms with van der Waals surface area (Å²) in [5, 5.41) is 6.76. The lowest BCUT2D eigenvalue weighted by molar-refractivity contribution is 0.0597. The van der Waals surface area contributed by atoms with E-state index in [0.29, 0.717) is 29.5 Å². The number of benzene rings is 2. The zero-order valence-corrected chi connectivity index (χ0v) is 15.9. The van der Waals surface area contributed by atoms with E-state index in [-0.39, 0.29) is 6.79 Å². The van der Waals surface area contributed by atoms with Gasteiger partial charge in [-0.2, -0.15) is 0 Å². The van der Waals surface area contributed by atoms with Crippen LogP contribution in [0.3, 0.4) is 0 Å². The molecule has 8 heteroatoms. The van der Waals surface area contributed by atoms with E-state index < -0.39 is 5.97 Å². The zero-order chi connectivity index (χ0) is 19.2. The van der Waals surface area contributed by atoms with Crippen LogP contribution in [0.2, 0.25) is 0 Å². The fourth-order valence-corrected chi connectivity index (χ4v) is 2.76. The second kappa shape index (κ2) is 8.59. The number of thiocarbonyl (C=S) groups is 1. The van der Waals surface area contributed by atoms with Crippen LogP contribution in [0.5, 0.6) is 17.2 Å². The molecule has 27 heavy (non-hydrogen) atoms. The predicted octanol–water partition coefficient (Wildman–Crippen LogP) is 2.37. The maximum atomic E-state index is 11.8. The Labute approximate surface area is 162 Å². The van der Waals surface area contributed by atoms with Crippen molar-refractivity contribution < 1.29 is 23.7 Å². The smallest absolute Gasteiger partial charge is 0.341 e. The fraction of sp³-hybridized carbons (Fsp3) is 0.263. The average molecular weight is 388 g/mol. The number of fused-ring (bicyclic) bond motifs is 1. The number of carbonyl (C=O) groups is 1. The van der Waals surface area contributed by atoms with Crippen molar-refractivity contribution in [3.63, 3.8) is 0 Å². The molecule has 3 rings (SSSR count). The Balaban J connectivity index is 1.54. The SMILES string of the molecule is COC(=O)c1cc(CNC(=S)NCc2ccc3c(c2)OCO3)ccc1OC. The summed E-state index contributed by atoms with van der Waals surface area (Å²) in [6.07, 6.45) is 0. The topological polar surface area (TPSA) is 78.1 Å². The Hall–Kier alpha value is -3.00. The quantitative estimate of drug-likeness (QED) is 0.577. The summed E-state index contributed by atoms with van der Waals surface area (Å²) in [4.78, 5) is 11.8. The van der Waals surface area contributed by atoms with Gasteiger partial charge >= 0.3 is 5.97 Å². The van der Waals surface area contributed by atoms with Gasteiger partial charge in [-0.15, -0.1) is 0 Å². The summed E-state index contributed by atoms with van der Waals surface area (Å²) < 4.78 is 20.6. The number of methoxy groups -OCH3 is 2. The molecule has 1 heterocycles. The predicted molar refractivity (Wildman–Crippen MR) is 103 cm³/mol. The van der Waals surface area contributed by atoms with E-state index in [1.165, 1.54) is 14.2 Å². The minimum Gasteiger partial charge on any atom is -0.496 e. The van der Waals surface area contributed by atoms with Crippen LogP contribution in [0.4, 0.5) is 0 Å². The van der Waals surface area contributed by atoms with Gasteiger partial charge in [0.1, 0.15) is 11.3 Å². The standard InChI is InChI=1S/C19H20N2O5S/c1-23-15-5-3-12(7-14(15)18(22)24-2)9-20-19(27)21-10-13-4-6-16-17(8-13)26-11-25-16/h3-8H,9-11H2,1-2H3,(H2,20,21,27). The molecule has 2 aromatic carbocycles. The summed E-state index contributed by atoms with van der Waals surface area (Å²) >= 11 is 5.31. The van der Waals surface area contributed by atoms with Crippen molar-refractivity contribution in [1.82, 2.24) is 10.6 Å². The molecule has 142 valence electrons. The van der Waals surface area contributed by atoms with E-state index >= 15 is 0 Å². The van der Waals surface area contributed by atoms with Gasteiger partial charge in [-0.3, -0.25) is 0 Å². The maximum absolute atomic E-state index is 11.8. The van der Waals surface area contributed by atoms with E-state index in [1.54, 1.807) is 12.1 Å². The van der Waals surface area contributed by atoms with Gasteiger partial charge in [-0.25, -0.2) is 4.79 Å². The molecular weight excluding hydrogens is 368 g/mol. The normalized spacial score (nSPS) is 11.6. The van der Waals surface area contributed by atoms with Gasteiger partial charge in [-0.1, -0.05) is 12.1 Å². The molecule has 1 aliphatic rings. The molecule has 0 bridgehead atoms. The molecule has 0 saturated heterocycles. The Bertz CT molecular complexity index is 856.